The van der Waals surface area contributed by atoms with E-state index in [1.165, 1.54) is 0 Å². The minimum Gasteiger partial charge on any atom is -0.479 e. The van der Waals surface area contributed by atoms with Crippen molar-refractivity contribution in [3.05, 3.63) is 35.9 Å². The minimum atomic E-state index is -2.09. The fourth-order valence-corrected chi connectivity index (χ4v) is 1.19. The maximum Gasteiger partial charge on any atom is 0.336 e. The first-order chi connectivity index (χ1) is 8.02. The van der Waals surface area contributed by atoms with Gasteiger partial charge in [-0.3, -0.25) is 0 Å². The van der Waals surface area contributed by atoms with E-state index in [1.54, 1.807) is 30.3 Å². The highest BCUT2D eigenvalue weighted by Gasteiger charge is 2.32. The standard InChI is InChI=1S/C11H12O6/c12-8(10(13)14)9(11(15)16)17-6-7-4-2-1-3-5-7/h1-5,8-9,12H,6H2,(H,13,14)(H,15,16). The summed E-state index contributed by atoms with van der Waals surface area (Å²) in [6, 6.07) is 8.66. The molecule has 1 aromatic carbocycles. The average molecular weight is 240 g/mol. The molecular weight excluding hydrogens is 228 g/mol. The minimum absolute atomic E-state index is 0.0812. The smallest absolute Gasteiger partial charge is 0.336 e. The Morgan fingerprint density at radius 2 is 1.71 bits per heavy atom. The second-order valence-corrected chi connectivity index (χ2v) is 3.34. The third-order valence-corrected chi connectivity index (χ3v) is 2.06. The van der Waals surface area contributed by atoms with Gasteiger partial charge in [-0.2, -0.15) is 0 Å². The number of carboxylic acid groups (broad SMARTS) is 2. The van der Waals surface area contributed by atoms with Crippen LogP contribution in [0.15, 0.2) is 30.3 Å². The van der Waals surface area contributed by atoms with Gasteiger partial charge in [-0.25, -0.2) is 9.59 Å². The highest BCUT2D eigenvalue weighted by molar-refractivity contribution is 5.83. The topological polar surface area (TPSA) is 104 Å². The fraction of sp³-hybridized carbons (Fsp3) is 0.273. The SMILES string of the molecule is O=C(O)C(O)C(OCc1ccccc1)C(=O)O. The molecule has 0 amide bonds. The van der Waals surface area contributed by atoms with E-state index in [0.29, 0.717) is 5.56 Å². The first-order valence-corrected chi connectivity index (χ1v) is 4.81. The molecule has 0 aromatic heterocycles. The summed E-state index contributed by atoms with van der Waals surface area (Å²) in [6.07, 6.45) is -3.87. The Kier molecular flexibility index (Phi) is 4.62. The zero-order valence-electron chi connectivity index (χ0n) is 8.81. The van der Waals surface area contributed by atoms with Crippen molar-refractivity contribution in [2.24, 2.45) is 0 Å². The molecule has 2 unspecified atom stereocenters. The first kappa shape index (κ1) is 13.1. The van der Waals surface area contributed by atoms with Gasteiger partial charge in [0.25, 0.3) is 0 Å². The number of aliphatic hydroxyl groups is 1. The van der Waals surface area contributed by atoms with Crippen LogP contribution in [0.3, 0.4) is 0 Å². The number of hydrogen-bond donors (Lipinski definition) is 3. The maximum absolute atomic E-state index is 10.7. The van der Waals surface area contributed by atoms with Crippen molar-refractivity contribution < 1.29 is 29.6 Å². The molecule has 0 bridgehead atoms. The van der Waals surface area contributed by atoms with Gasteiger partial charge in [0, 0.05) is 0 Å². The van der Waals surface area contributed by atoms with Crippen molar-refractivity contribution in [3.63, 3.8) is 0 Å². The summed E-state index contributed by atoms with van der Waals surface area (Å²) in [4.78, 5) is 21.2. The third-order valence-electron chi connectivity index (χ3n) is 2.06. The van der Waals surface area contributed by atoms with Crippen LogP contribution < -0.4 is 0 Å². The van der Waals surface area contributed by atoms with E-state index in [9.17, 15) is 9.59 Å². The second kappa shape index (κ2) is 5.97. The van der Waals surface area contributed by atoms with Crippen molar-refractivity contribution >= 4 is 11.9 Å². The number of aliphatic carboxylic acids is 2. The van der Waals surface area contributed by atoms with Gasteiger partial charge >= 0.3 is 11.9 Å². The van der Waals surface area contributed by atoms with E-state index in [4.69, 9.17) is 20.1 Å². The Morgan fingerprint density at radius 3 is 2.18 bits per heavy atom. The summed E-state index contributed by atoms with van der Waals surface area (Å²) >= 11 is 0. The quantitative estimate of drug-likeness (QED) is 0.651. The van der Waals surface area contributed by atoms with E-state index >= 15 is 0 Å². The largest absolute Gasteiger partial charge is 0.479 e. The predicted molar refractivity (Wildman–Crippen MR) is 56.3 cm³/mol. The van der Waals surface area contributed by atoms with Gasteiger partial charge in [0.2, 0.25) is 0 Å². The lowest BCUT2D eigenvalue weighted by atomic mass is 10.2. The molecule has 0 saturated heterocycles. The van der Waals surface area contributed by atoms with Crippen LogP contribution in [-0.4, -0.2) is 39.5 Å². The molecule has 0 aliphatic heterocycles. The number of carbonyl (C=O) groups is 2. The van der Waals surface area contributed by atoms with Crippen molar-refractivity contribution in [1.82, 2.24) is 0 Å². The predicted octanol–water partition coefficient (Wildman–Crippen LogP) is 0.102. The number of hydrogen-bond acceptors (Lipinski definition) is 4. The molecule has 1 rings (SSSR count). The van der Waals surface area contributed by atoms with E-state index in [1.807, 2.05) is 0 Å². The molecule has 92 valence electrons. The summed E-state index contributed by atoms with van der Waals surface area (Å²) in [5, 5.41) is 26.4. The molecule has 6 nitrogen and oxygen atoms in total. The van der Waals surface area contributed by atoms with E-state index in [0.717, 1.165) is 0 Å². The van der Waals surface area contributed by atoms with Crippen LogP contribution in [0.5, 0.6) is 0 Å². The summed E-state index contributed by atoms with van der Waals surface area (Å²) in [5.41, 5.74) is 0.691. The Labute approximate surface area is 97.1 Å². The van der Waals surface area contributed by atoms with Gasteiger partial charge in [0.1, 0.15) is 0 Å². The zero-order valence-corrected chi connectivity index (χ0v) is 8.81. The first-order valence-electron chi connectivity index (χ1n) is 4.81. The average Bonchev–Trinajstić information content (AvgIpc) is 2.29. The molecule has 2 atom stereocenters. The van der Waals surface area contributed by atoms with Crippen molar-refractivity contribution in [3.8, 4) is 0 Å². The number of carboxylic acids is 2. The summed E-state index contributed by atoms with van der Waals surface area (Å²) in [5.74, 6) is -3.15. The summed E-state index contributed by atoms with van der Waals surface area (Å²) in [6.45, 7) is -0.0812. The van der Waals surface area contributed by atoms with Crippen LogP contribution >= 0.6 is 0 Å². The Hall–Kier alpha value is -1.92. The monoisotopic (exact) mass is 240 g/mol. The molecule has 0 radical (unpaired) electrons. The molecule has 3 N–H and O–H groups in total. The third kappa shape index (κ3) is 3.86. The molecule has 0 spiro atoms. The highest BCUT2D eigenvalue weighted by Crippen LogP contribution is 2.07. The Balaban J connectivity index is 2.63. The van der Waals surface area contributed by atoms with Gasteiger partial charge in [-0.15, -0.1) is 0 Å². The Bertz CT molecular complexity index is 388. The zero-order chi connectivity index (χ0) is 12.8. The summed E-state index contributed by atoms with van der Waals surface area (Å²) < 4.78 is 4.88. The number of rotatable bonds is 6. The second-order valence-electron chi connectivity index (χ2n) is 3.34. The lowest BCUT2D eigenvalue weighted by Crippen LogP contribution is -2.41. The molecule has 0 fully saturated rings. The normalized spacial score (nSPS) is 13.9. The molecule has 17 heavy (non-hydrogen) atoms. The van der Waals surface area contributed by atoms with Crippen LogP contribution in [0, 0.1) is 0 Å². The van der Waals surface area contributed by atoms with Gasteiger partial charge in [-0.05, 0) is 5.56 Å². The van der Waals surface area contributed by atoms with Gasteiger partial charge in [0.15, 0.2) is 12.2 Å². The number of ether oxygens (including phenoxy) is 1. The van der Waals surface area contributed by atoms with Gasteiger partial charge in [-0.1, -0.05) is 30.3 Å². The lowest BCUT2D eigenvalue weighted by Gasteiger charge is -2.16. The molecule has 0 heterocycles. The molecule has 1 aromatic rings. The van der Waals surface area contributed by atoms with Crippen LogP contribution in [0.4, 0.5) is 0 Å². The molecule has 6 heteroatoms. The molecule has 0 saturated carbocycles. The van der Waals surface area contributed by atoms with Crippen LogP contribution in [0.25, 0.3) is 0 Å². The van der Waals surface area contributed by atoms with Gasteiger partial charge < -0.3 is 20.1 Å². The molecule has 0 aliphatic rings. The summed E-state index contributed by atoms with van der Waals surface area (Å²) in [7, 11) is 0. The van der Waals surface area contributed by atoms with Crippen LogP contribution in [0.1, 0.15) is 5.56 Å². The van der Waals surface area contributed by atoms with Crippen LogP contribution in [-0.2, 0) is 20.9 Å². The highest BCUT2D eigenvalue weighted by atomic mass is 16.5. The lowest BCUT2D eigenvalue weighted by molar-refractivity contribution is -0.172. The number of benzene rings is 1. The van der Waals surface area contributed by atoms with Crippen molar-refractivity contribution in [2.75, 3.05) is 0 Å². The molecular formula is C11H12O6. The molecule has 0 aliphatic carbocycles. The van der Waals surface area contributed by atoms with Crippen molar-refractivity contribution in [2.45, 2.75) is 18.8 Å². The Morgan fingerprint density at radius 1 is 1.12 bits per heavy atom. The maximum atomic E-state index is 10.7. The fourth-order valence-electron chi connectivity index (χ4n) is 1.19. The van der Waals surface area contributed by atoms with Crippen LogP contribution in [0.2, 0.25) is 0 Å². The van der Waals surface area contributed by atoms with Gasteiger partial charge in [0.05, 0.1) is 6.61 Å². The van der Waals surface area contributed by atoms with E-state index in [-0.39, 0.29) is 6.61 Å². The van der Waals surface area contributed by atoms with Crippen molar-refractivity contribution in [1.29, 1.82) is 0 Å². The van der Waals surface area contributed by atoms with E-state index < -0.39 is 24.1 Å². The number of aliphatic hydroxyl groups excluding tert-OH is 1. The van der Waals surface area contributed by atoms with E-state index in [2.05, 4.69) is 0 Å².